The van der Waals surface area contributed by atoms with Crippen molar-refractivity contribution in [1.29, 1.82) is 10.7 Å². The van der Waals surface area contributed by atoms with Gasteiger partial charge >= 0.3 is 6.09 Å². The number of thiophene rings is 1. The quantitative estimate of drug-likeness (QED) is 0.750. The molecule has 0 aliphatic rings. The molecule has 1 aromatic rings. The van der Waals surface area contributed by atoms with Gasteiger partial charge in [0.2, 0.25) is 0 Å². The Labute approximate surface area is 133 Å². The standard InChI is InChI=1S/C15H19N3O3S/c1-9(6-15(2,3)21-14(18)20)13(19)12(17)5-10-4-11(7-16)22-8-10/h4,8-9,17H,5-6H2,1-3H3,(H2,18,20)/t9-/m0/s1. The van der Waals surface area contributed by atoms with Crippen molar-refractivity contribution >= 4 is 28.9 Å². The minimum Gasteiger partial charge on any atom is -0.444 e. The highest BCUT2D eigenvalue weighted by Gasteiger charge is 2.29. The molecule has 1 rings (SSSR count). The first-order valence-corrected chi connectivity index (χ1v) is 7.60. The van der Waals surface area contributed by atoms with E-state index in [0.717, 1.165) is 5.56 Å². The van der Waals surface area contributed by atoms with Gasteiger partial charge in [-0.2, -0.15) is 5.26 Å². The number of primary amides is 1. The number of Topliss-reactive ketones (excluding diaryl/α,β-unsaturated/α-hetero) is 1. The van der Waals surface area contributed by atoms with E-state index < -0.39 is 17.6 Å². The number of amides is 1. The Bertz CT molecular complexity index is 628. The van der Waals surface area contributed by atoms with E-state index in [1.165, 1.54) is 11.3 Å². The van der Waals surface area contributed by atoms with Crippen LogP contribution < -0.4 is 5.73 Å². The lowest BCUT2D eigenvalue weighted by Gasteiger charge is -2.26. The number of carbonyl (C=O) groups excluding carboxylic acids is 2. The van der Waals surface area contributed by atoms with Crippen molar-refractivity contribution in [2.45, 2.75) is 39.2 Å². The highest BCUT2D eigenvalue weighted by Crippen LogP contribution is 2.22. The number of rotatable bonds is 7. The Morgan fingerprint density at radius 1 is 1.55 bits per heavy atom. The first-order chi connectivity index (χ1) is 10.1. The first kappa shape index (κ1) is 17.9. The normalized spacial score (nSPS) is 12.3. The van der Waals surface area contributed by atoms with Crippen LogP contribution in [0.25, 0.3) is 0 Å². The van der Waals surface area contributed by atoms with Gasteiger partial charge in [0, 0.05) is 12.3 Å². The highest BCUT2D eigenvalue weighted by atomic mass is 32.1. The molecule has 0 unspecified atom stereocenters. The summed E-state index contributed by atoms with van der Waals surface area (Å²) in [6.07, 6.45) is -0.412. The van der Waals surface area contributed by atoms with Gasteiger partial charge in [0.25, 0.3) is 0 Å². The summed E-state index contributed by atoms with van der Waals surface area (Å²) in [5, 5.41) is 18.5. The van der Waals surface area contributed by atoms with E-state index in [-0.39, 0.29) is 24.3 Å². The number of nitrogens with one attached hydrogen (secondary N) is 1. The van der Waals surface area contributed by atoms with Gasteiger partial charge in [-0.15, -0.1) is 11.3 Å². The van der Waals surface area contributed by atoms with E-state index in [1.54, 1.807) is 32.2 Å². The van der Waals surface area contributed by atoms with Crippen molar-refractivity contribution < 1.29 is 14.3 Å². The average Bonchev–Trinajstić information content (AvgIpc) is 2.83. The molecule has 118 valence electrons. The molecule has 0 aliphatic heterocycles. The molecule has 3 N–H and O–H groups in total. The topological polar surface area (TPSA) is 117 Å². The minimum absolute atomic E-state index is 0.0235. The number of ether oxygens (including phenoxy) is 1. The molecule has 0 bridgehead atoms. The molecule has 0 aromatic carbocycles. The Morgan fingerprint density at radius 2 is 2.18 bits per heavy atom. The van der Waals surface area contributed by atoms with Gasteiger partial charge in [0.15, 0.2) is 5.78 Å². The number of hydrogen-bond acceptors (Lipinski definition) is 6. The maximum absolute atomic E-state index is 12.2. The number of carbonyl (C=O) groups is 2. The molecule has 1 atom stereocenters. The molecule has 0 radical (unpaired) electrons. The van der Waals surface area contributed by atoms with Crippen molar-refractivity contribution in [2.75, 3.05) is 0 Å². The van der Waals surface area contributed by atoms with E-state index in [2.05, 4.69) is 0 Å². The van der Waals surface area contributed by atoms with Crippen LogP contribution in [0, 0.1) is 22.7 Å². The minimum atomic E-state index is -0.887. The molecule has 7 heteroatoms. The predicted octanol–water partition coefficient (Wildman–Crippen LogP) is 2.65. The van der Waals surface area contributed by atoms with Crippen molar-refractivity contribution in [1.82, 2.24) is 0 Å². The summed E-state index contributed by atoms with van der Waals surface area (Å²) in [7, 11) is 0. The number of hydrogen-bond donors (Lipinski definition) is 2. The van der Waals surface area contributed by atoms with E-state index in [4.69, 9.17) is 21.1 Å². The van der Waals surface area contributed by atoms with Gasteiger partial charge < -0.3 is 15.9 Å². The van der Waals surface area contributed by atoms with Gasteiger partial charge in [-0.1, -0.05) is 6.92 Å². The molecule has 0 saturated carbocycles. The predicted molar refractivity (Wildman–Crippen MR) is 84.0 cm³/mol. The molecule has 0 spiro atoms. The van der Waals surface area contributed by atoms with Crippen LogP contribution in [0.2, 0.25) is 0 Å². The van der Waals surface area contributed by atoms with Crippen LogP contribution in [0.1, 0.15) is 37.6 Å². The second-order valence-electron chi connectivity index (χ2n) is 5.74. The van der Waals surface area contributed by atoms with Crippen LogP contribution in [-0.4, -0.2) is 23.2 Å². The summed E-state index contributed by atoms with van der Waals surface area (Å²) in [6, 6.07) is 3.70. The van der Waals surface area contributed by atoms with Crippen molar-refractivity contribution in [3.63, 3.8) is 0 Å². The summed E-state index contributed by atoms with van der Waals surface area (Å²) in [5.74, 6) is -0.762. The third-order valence-electron chi connectivity index (χ3n) is 3.06. The zero-order valence-corrected chi connectivity index (χ0v) is 13.6. The van der Waals surface area contributed by atoms with Crippen LogP contribution in [0.4, 0.5) is 4.79 Å². The first-order valence-electron chi connectivity index (χ1n) is 6.72. The maximum atomic E-state index is 12.2. The molecule has 1 aromatic heterocycles. The summed E-state index contributed by atoms with van der Waals surface area (Å²) < 4.78 is 4.96. The van der Waals surface area contributed by atoms with E-state index in [9.17, 15) is 9.59 Å². The summed E-state index contributed by atoms with van der Waals surface area (Å²) in [6.45, 7) is 5.03. The Balaban J connectivity index is 2.64. The molecule has 1 heterocycles. The maximum Gasteiger partial charge on any atom is 0.405 e. The van der Waals surface area contributed by atoms with Crippen LogP contribution in [0.3, 0.4) is 0 Å². The average molecular weight is 321 g/mol. The molecule has 6 nitrogen and oxygen atoms in total. The molecular weight excluding hydrogens is 302 g/mol. The van der Waals surface area contributed by atoms with Gasteiger partial charge in [0.1, 0.15) is 16.5 Å². The van der Waals surface area contributed by atoms with E-state index >= 15 is 0 Å². The monoisotopic (exact) mass is 321 g/mol. The molecule has 0 aliphatic carbocycles. The lowest BCUT2D eigenvalue weighted by Crippen LogP contribution is -2.36. The molecule has 1 amide bonds. The number of ketones is 1. The summed E-state index contributed by atoms with van der Waals surface area (Å²) >= 11 is 1.29. The van der Waals surface area contributed by atoms with Crippen molar-refractivity contribution in [3.05, 3.63) is 21.9 Å². The molecule has 22 heavy (non-hydrogen) atoms. The summed E-state index contributed by atoms with van der Waals surface area (Å²) in [4.78, 5) is 23.6. The van der Waals surface area contributed by atoms with Crippen LogP contribution in [0.15, 0.2) is 11.4 Å². The number of nitrogens with zero attached hydrogens (tertiary/aromatic N) is 1. The van der Waals surface area contributed by atoms with Crippen LogP contribution >= 0.6 is 11.3 Å². The smallest absolute Gasteiger partial charge is 0.405 e. The van der Waals surface area contributed by atoms with Gasteiger partial charge in [0.05, 0.1) is 5.71 Å². The second kappa shape index (κ2) is 7.18. The Hall–Kier alpha value is -2.20. The fourth-order valence-electron chi connectivity index (χ4n) is 2.26. The van der Waals surface area contributed by atoms with E-state index in [1.807, 2.05) is 6.07 Å². The molecule has 0 fully saturated rings. The van der Waals surface area contributed by atoms with E-state index in [0.29, 0.717) is 4.88 Å². The summed E-state index contributed by atoms with van der Waals surface area (Å²) in [5.41, 5.74) is 4.88. The van der Waals surface area contributed by atoms with Crippen LogP contribution in [0.5, 0.6) is 0 Å². The van der Waals surface area contributed by atoms with Crippen LogP contribution in [-0.2, 0) is 16.0 Å². The van der Waals surface area contributed by atoms with Gasteiger partial charge in [-0.25, -0.2) is 4.79 Å². The van der Waals surface area contributed by atoms with Gasteiger partial charge in [-0.3, -0.25) is 4.79 Å². The lowest BCUT2D eigenvalue weighted by atomic mass is 9.88. The third-order valence-corrected chi connectivity index (χ3v) is 3.95. The fraction of sp³-hybridized carbons (Fsp3) is 0.467. The molecule has 0 saturated heterocycles. The van der Waals surface area contributed by atoms with Crippen molar-refractivity contribution in [2.24, 2.45) is 11.7 Å². The Kier molecular flexibility index (Phi) is 5.83. The third kappa shape index (κ3) is 5.30. The van der Waals surface area contributed by atoms with Crippen molar-refractivity contribution in [3.8, 4) is 6.07 Å². The highest BCUT2D eigenvalue weighted by molar-refractivity contribution is 7.10. The molecular formula is C15H19N3O3S. The largest absolute Gasteiger partial charge is 0.444 e. The SMILES string of the molecule is C[C@@H](CC(C)(C)OC(N)=O)C(=O)C(=N)Cc1csc(C#N)c1. The lowest BCUT2D eigenvalue weighted by molar-refractivity contribution is -0.118. The number of nitrogens with two attached hydrogens (primary N) is 1. The van der Waals surface area contributed by atoms with Gasteiger partial charge in [-0.05, 0) is 37.3 Å². The Morgan fingerprint density at radius 3 is 2.68 bits per heavy atom. The number of nitriles is 1. The fourth-order valence-corrected chi connectivity index (χ4v) is 2.96. The zero-order valence-electron chi connectivity index (χ0n) is 12.8. The second-order valence-corrected chi connectivity index (χ2v) is 6.65. The zero-order chi connectivity index (χ0) is 16.9.